The molecule has 0 amide bonds. The van der Waals surface area contributed by atoms with Crippen molar-refractivity contribution in [3.8, 4) is 0 Å². The predicted molar refractivity (Wildman–Crippen MR) is 82.4 cm³/mol. The highest BCUT2D eigenvalue weighted by atomic mass is 16.5. The summed E-state index contributed by atoms with van der Waals surface area (Å²) >= 11 is 0. The van der Waals surface area contributed by atoms with Crippen LogP contribution in [0, 0.1) is 0 Å². The second kappa shape index (κ2) is 10.1. The van der Waals surface area contributed by atoms with Crippen LogP contribution in [0.15, 0.2) is 0 Å². The van der Waals surface area contributed by atoms with E-state index in [0.29, 0.717) is 31.1 Å². The molecule has 0 radical (unpaired) electrons. The molecule has 0 bridgehead atoms. The quantitative estimate of drug-likeness (QED) is 0.297. The van der Waals surface area contributed by atoms with Crippen molar-refractivity contribution >= 4 is 17.8 Å². The fourth-order valence-corrected chi connectivity index (χ4v) is 1.48. The molecular weight excluding hydrogens is 274 g/mol. The number of methoxy groups -OCH3 is 1. The van der Waals surface area contributed by atoms with Crippen LogP contribution in [0.5, 0.6) is 0 Å². The third-order valence-electron chi connectivity index (χ3n) is 2.58. The summed E-state index contributed by atoms with van der Waals surface area (Å²) in [6, 6.07) is 0. The van der Waals surface area contributed by atoms with Gasteiger partial charge in [0.1, 0.15) is 0 Å². The summed E-state index contributed by atoms with van der Waals surface area (Å²) in [6.07, 6.45) is 1.92. The van der Waals surface area contributed by atoms with Crippen molar-refractivity contribution in [3.63, 3.8) is 0 Å². The Morgan fingerprint density at radius 1 is 1.05 bits per heavy atom. The Labute approximate surface area is 125 Å². The molecule has 0 aliphatic carbocycles. The highest BCUT2D eigenvalue weighted by Gasteiger charge is 2.06. The summed E-state index contributed by atoms with van der Waals surface area (Å²) < 4.78 is 10.3. The number of anilines is 3. The van der Waals surface area contributed by atoms with Crippen LogP contribution in [0.1, 0.15) is 12.8 Å². The van der Waals surface area contributed by atoms with E-state index in [1.54, 1.807) is 12.0 Å². The Balaban J connectivity index is 2.29. The van der Waals surface area contributed by atoms with Crippen LogP contribution in [0.2, 0.25) is 0 Å². The fraction of sp³-hybridized carbons (Fsp3) is 0.750. The molecule has 0 fully saturated rings. The van der Waals surface area contributed by atoms with E-state index in [4.69, 9.17) is 15.3 Å². The van der Waals surface area contributed by atoms with Crippen molar-refractivity contribution in [2.75, 3.05) is 63.2 Å². The lowest BCUT2D eigenvalue weighted by Gasteiger charge is -2.13. The molecule has 9 nitrogen and oxygen atoms in total. The van der Waals surface area contributed by atoms with Gasteiger partial charge in [-0.3, -0.25) is 5.43 Å². The molecule has 0 aromatic carbocycles. The first-order chi connectivity index (χ1) is 10.2. The van der Waals surface area contributed by atoms with E-state index in [2.05, 4.69) is 25.7 Å². The van der Waals surface area contributed by atoms with Gasteiger partial charge >= 0.3 is 0 Å². The van der Waals surface area contributed by atoms with Crippen LogP contribution in [0.25, 0.3) is 0 Å². The summed E-state index contributed by atoms with van der Waals surface area (Å²) in [5, 5.41) is 3.15. The first kappa shape index (κ1) is 17.3. The minimum Gasteiger partial charge on any atom is -0.382 e. The number of nitrogens with two attached hydrogens (primary N) is 1. The fourth-order valence-electron chi connectivity index (χ4n) is 1.48. The largest absolute Gasteiger partial charge is 0.382 e. The zero-order chi connectivity index (χ0) is 15.5. The summed E-state index contributed by atoms with van der Waals surface area (Å²) in [7, 11) is 5.38. The molecule has 0 spiro atoms. The number of nitrogen functional groups attached to an aromatic ring is 1. The number of rotatable bonds is 11. The van der Waals surface area contributed by atoms with Crippen molar-refractivity contribution in [1.82, 2.24) is 15.0 Å². The molecule has 0 unspecified atom stereocenters. The molecule has 0 aliphatic rings. The standard InChI is InChI=1S/C12H25N7O2/c1-19(2)12-16-10(15-11(17-12)18-13)14-6-4-5-7-21-9-8-20-3/h4-9,13H2,1-3H3,(H2,14,15,16,17,18). The molecule has 9 heteroatoms. The maximum Gasteiger partial charge on any atom is 0.243 e. The molecule has 21 heavy (non-hydrogen) atoms. The molecule has 0 aliphatic heterocycles. The minimum absolute atomic E-state index is 0.332. The zero-order valence-corrected chi connectivity index (χ0v) is 12.9. The van der Waals surface area contributed by atoms with Crippen LogP contribution in [-0.2, 0) is 9.47 Å². The second-order valence-corrected chi connectivity index (χ2v) is 4.56. The van der Waals surface area contributed by atoms with Crippen LogP contribution in [0.3, 0.4) is 0 Å². The summed E-state index contributed by atoms with van der Waals surface area (Å²) in [5.74, 6) is 6.73. The molecule has 1 heterocycles. The van der Waals surface area contributed by atoms with Crippen LogP contribution in [0.4, 0.5) is 17.8 Å². The van der Waals surface area contributed by atoms with Gasteiger partial charge in [-0.2, -0.15) is 15.0 Å². The van der Waals surface area contributed by atoms with Gasteiger partial charge in [0, 0.05) is 34.4 Å². The Morgan fingerprint density at radius 2 is 1.81 bits per heavy atom. The van der Waals surface area contributed by atoms with Gasteiger partial charge in [-0.25, -0.2) is 5.84 Å². The van der Waals surface area contributed by atoms with E-state index >= 15 is 0 Å². The van der Waals surface area contributed by atoms with E-state index in [1.807, 2.05) is 14.1 Å². The normalized spacial score (nSPS) is 10.5. The van der Waals surface area contributed by atoms with E-state index < -0.39 is 0 Å². The van der Waals surface area contributed by atoms with Crippen LogP contribution < -0.4 is 21.5 Å². The highest BCUT2D eigenvalue weighted by molar-refractivity contribution is 5.42. The Morgan fingerprint density at radius 3 is 2.48 bits per heavy atom. The van der Waals surface area contributed by atoms with Gasteiger partial charge in [-0.1, -0.05) is 0 Å². The number of unbranched alkanes of at least 4 members (excludes halogenated alkanes) is 1. The number of nitrogens with one attached hydrogen (secondary N) is 2. The summed E-state index contributed by atoms with van der Waals surface area (Å²) in [5.41, 5.74) is 2.43. The number of hydrogen-bond donors (Lipinski definition) is 3. The highest BCUT2D eigenvalue weighted by Crippen LogP contribution is 2.10. The number of ether oxygens (including phenoxy) is 2. The first-order valence-electron chi connectivity index (χ1n) is 6.88. The smallest absolute Gasteiger partial charge is 0.243 e. The SMILES string of the molecule is COCCOCCCCNc1nc(NN)nc(N(C)C)n1. The third-order valence-corrected chi connectivity index (χ3v) is 2.58. The van der Waals surface area contributed by atoms with E-state index in [9.17, 15) is 0 Å². The molecule has 4 N–H and O–H groups in total. The molecule has 0 atom stereocenters. The molecule has 1 aromatic rings. The van der Waals surface area contributed by atoms with E-state index in [1.165, 1.54) is 0 Å². The zero-order valence-electron chi connectivity index (χ0n) is 12.9. The first-order valence-corrected chi connectivity index (χ1v) is 6.88. The van der Waals surface area contributed by atoms with Gasteiger partial charge < -0.3 is 19.7 Å². The predicted octanol–water partition coefficient (Wildman–Crippen LogP) is 0.0783. The average molecular weight is 299 g/mol. The second-order valence-electron chi connectivity index (χ2n) is 4.56. The lowest BCUT2D eigenvalue weighted by Crippen LogP contribution is -2.19. The van der Waals surface area contributed by atoms with Crippen LogP contribution >= 0.6 is 0 Å². The summed E-state index contributed by atoms with van der Waals surface area (Å²) in [4.78, 5) is 14.4. The van der Waals surface area contributed by atoms with Gasteiger partial charge in [0.25, 0.3) is 0 Å². The van der Waals surface area contributed by atoms with Gasteiger partial charge in [0.15, 0.2) is 0 Å². The van der Waals surface area contributed by atoms with E-state index in [-0.39, 0.29) is 0 Å². The number of aromatic nitrogens is 3. The van der Waals surface area contributed by atoms with Crippen molar-refractivity contribution < 1.29 is 9.47 Å². The molecule has 1 aromatic heterocycles. The topological polar surface area (TPSA) is 110 Å². The third kappa shape index (κ3) is 7.02. The lowest BCUT2D eigenvalue weighted by molar-refractivity contribution is 0.0691. The molecule has 120 valence electrons. The Kier molecular flexibility index (Phi) is 8.32. The van der Waals surface area contributed by atoms with Crippen molar-refractivity contribution in [2.45, 2.75) is 12.8 Å². The van der Waals surface area contributed by atoms with Crippen molar-refractivity contribution in [3.05, 3.63) is 0 Å². The van der Waals surface area contributed by atoms with Gasteiger partial charge in [0.2, 0.25) is 17.8 Å². The van der Waals surface area contributed by atoms with Gasteiger partial charge in [-0.05, 0) is 12.8 Å². The Bertz CT molecular complexity index is 403. The number of hydrazine groups is 1. The van der Waals surface area contributed by atoms with Crippen molar-refractivity contribution in [2.24, 2.45) is 5.84 Å². The average Bonchev–Trinajstić information content (AvgIpc) is 2.49. The number of hydrogen-bond acceptors (Lipinski definition) is 9. The molecule has 1 rings (SSSR count). The molecule has 0 saturated carbocycles. The maximum atomic E-state index is 5.39. The molecule has 0 saturated heterocycles. The molecular formula is C12H25N7O2. The lowest BCUT2D eigenvalue weighted by atomic mass is 10.3. The van der Waals surface area contributed by atoms with Crippen molar-refractivity contribution in [1.29, 1.82) is 0 Å². The maximum absolute atomic E-state index is 5.39. The summed E-state index contributed by atoms with van der Waals surface area (Å²) in [6.45, 7) is 2.75. The monoisotopic (exact) mass is 299 g/mol. The van der Waals surface area contributed by atoms with Gasteiger partial charge in [-0.15, -0.1) is 0 Å². The van der Waals surface area contributed by atoms with E-state index in [0.717, 1.165) is 26.0 Å². The minimum atomic E-state index is 0.332. The number of nitrogens with zero attached hydrogens (tertiary/aromatic N) is 4. The van der Waals surface area contributed by atoms with Crippen LogP contribution in [-0.4, -0.2) is 62.5 Å². The van der Waals surface area contributed by atoms with Gasteiger partial charge in [0.05, 0.1) is 13.2 Å². The Hall–Kier alpha value is -1.71.